The summed E-state index contributed by atoms with van der Waals surface area (Å²) in [5, 5.41) is 15.0. The van der Waals surface area contributed by atoms with Crippen molar-refractivity contribution in [2.75, 3.05) is 11.9 Å². The summed E-state index contributed by atoms with van der Waals surface area (Å²) in [7, 11) is 0. The average Bonchev–Trinajstić information content (AvgIpc) is 3.09. The minimum Gasteiger partial charge on any atom is -0.480 e. The van der Waals surface area contributed by atoms with E-state index in [4.69, 9.17) is 11.6 Å². The Labute approximate surface area is 193 Å². The summed E-state index contributed by atoms with van der Waals surface area (Å²) >= 11 is 5.84. The lowest BCUT2D eigenvalue weighted by Gasteiger charge is -2.16. The lowest BCUT2D eigenvalue weighted by atomic mass is 10.1. The summed E-state index contributed by atoms with van der Waals surface area (Å²) in [6.07, 6.45) is -4.89. The third-order valence-electron chi connectivity index (χ3n) is 4.53. The molecular weight excluding hydrogens is 491 g/mol. The standard InChI is InChI=1S/C20H16ClF5N4O4/c1-2-29-14(8-31)28-30(19(29)33)13-7-6-10(17(15(13)23)34-9-20(24,25)26)18(32)27-16-11(21)4-3-5-12(16)22/h3-7,31H,2,8-9H2,1H3,(H,27,32). The number of anilines is 1. The third-order valence-corrected chi connectivity index (χ3v) is 4.84. The number of nitrogens with one attached hydrogen (secondary N) is 1. The average molecular weight is 507 g/mol. The number of carbonyl (C=O) groups is 1. The molecule has 8 nitrogen and oxygen atoms in total. The quantitative estimate of drug-likeness (QED) is 0.477. The topological polar surface area (TPSA) is 98.4 Å². The molecule has 0 aliphatic rings. The molecule has 0 fully saturated rings. The minimum atomic E-state index is -4.89. The van der Waals surface area contributed by atoms with E-state index in [1.807, 2.05) is 0 Å². The maximum atomic E-state index is 15.3. The van der Waals surface area contributed by atoms with Crippen LogP contribution in [0, 0.1) is 11.6 Å². The molecule has 0 bridgehead atoms. The number of ether oxygens (including phenoxy) is 1. The number of aromatic nitrogens is 3. The first kappa shape index (κ1) is 25.2. The highest BCUT2D eigenvalue weighted by atomic mass is 35.5. The van der Waals surface area contributed by atoms with Gasteiger partial charge < -0.3 is 15.2 Å². The first-order chi connectivity index (χ1) is 16.0. The number of aliphatic hydroxyl groups excluding tert-OH is 1. The van der Waals surface area contributed by atoms with E-state index in [2.05, 4.69) is 15.2 Å². The zero-order chi connectivity index (χ0) is 25.2. The largest absolute Gasteiger partial charge is 0.480 e. The molecular formula is C20H16ClF5N4O4. The number of aliphatic hydroxyl groups is 1. The predicted octanol–water partition coefficient (Wildman–Crippen LogP) is 3.67. The van der Waals surface area contributed by atoms with Crippen molar-refractivity contribution in [3.8, 4) is 11.4 Å². The molecule has 1 aromatic heterocycles. The van der Waals surface area contributed by atoms with E-state index in [1.165, 1.54) is 12.1 Å². The molecule has 0 aliphatic heterocycles. The predicted molar refractivity (Wildman–Crippen MR) is 110 cm³/mol. The van der Waals surface area contributed by atoms with E-state index < -0.39 is 65.3 Å². The fraction of sp³-hybridized carbons (Fsp3) is 0.250. The molecule has 0 saturated carbocycles. The monoisotopic (exact) mass is 506 g/mol. The van der Waals surface area contributed by atoms with Crippen LogP contribution in [0.5, 0.6) is 5.75 Å². The summed E-state index contributed by atoms with van der Waals surface area (Å²) in [6, 6.07) is 5.27. The number of halogens is 6. The van der Waals surface area contributed by atoms with Crippen molar-refractivity contribution in [1.29, 1.82) is 0 Å². The summed E-state index contributed by atoms with van der Waals surface area (Å²) in [5.74, 6) is -4.95. The van der Waals surface area contributed by atoms with Crippen LogP contribution in [0.4, 0.5) is 27.6 Å². The van der Waals surface area contributed by atoms with Gasteiger partial charge in [-0.05, 0) is 31.2 Å². The molecule has 3 aromatic rings. The van der Waals surface area contributed by atoms with Crippen molar-refractivity contribution in [1.82, 2.24) is 14.3 Å². The van der Waals surface area contributed by atoms with Crippen LogP contribution in [0.2, 0.25) is 5.02 Å². The Morgan fingerprint density at radius 1 is 1.24 bits per heavy atom. The Kier molecular flexibility index (Phi) is 7.26. The zero-order valence-electron chi connectivity index (χ0n) is 17.3. The number of nitrogens with zero attached hydrogens (tertiary/aromatic N) is 3. The number of hydrogen-bond donors (Lipinski definition) is 2. The first-order valence-corrected chi connectivity index (χ1v) is 9.93. The third kappa shape index (κ3) is 5.04. The molecule has 0 atom stereocenters. The van der Waals surface area contributed by atoms with E-state index >= 15 is 4.39 Å². The molecule has 0 spiro atoms. The number of benzene rings is 2. The zero-order valence-corrected chi connectivity index (χ0v) is 18.0. The van der Waals surface area contributed by atoms with Gasteiger partial charge in [0.15, 0.2) is 24.0 Å². The first-order valence-electron chi connectivity index (χ1n) is 9.55. The molecule has 14 heteroatoms. The van der Waals surface area contributed by atoms with Gasteiger partial charge in [-0.1, -0.05) is 17.7 Å². The molecule has 182 valence electrons. The van der Waals surface area contributed by atoms with Gasteiger partial charge in [-0.25, -0.2) is 13.6 Å². The van der Waals surface area contributed by atoms with Crippen molar-refractivity contribution in [3.05, 3.63) is 68.9 Å². The molecule has 0 aliphatic carbocycles. The molecule has 2 N–H and O–H groups in total. The van der Waals surface area contributed by atoms with Gasteiger partial charge in [-0.2, -0.15) is 17.9 Å². The number of hydrogen-bond acceptors (Lipinski definition) is 5. The van der Waals surface area contributed by atoms with Gasteiger partial charge in [0.25, 0.3) is 5.91 Å². The van der Waals surface area contributed by atoms with Crippen molar-refractivity contribution >= 4 is 23.2 Å². The van der Waals surface area contributed by atoms with Gasteiger partial charge in [0, 0.05) is 6.54 Å². The SMILES string of the molecule is CCn1c(CO)nn(-c2ccc(C(=O)Nc3c(F)cccc3Cl)c(OCC(F)(F)F)c2F)c1=O. The Balaban J connectivity index is 2.12. The van der Waals surface area contributed by atoms with E-state index in [-0.39, 0.29) is 17.4 Å². The second kappa shape index (κ2) is 9.81. The molecule has 0 unspecified atom stereocenters. The van der Waals surface area contributed by atoms with E-state index in [9.17, 15) is 32.3 Å². The normalized spacial score (nSPS) is 11.5. The van der Waals surface area contributed by atoms with E-state index in [0.29, 0.717) is 4.68 Å². The summed E-state index contributed by atoms with van der Waals surface area (Å²) < 4.78 is 73.8. The van der Waals surface area contributed by atoms with Crippen molar-refractivity contribution < 1.29 is 36.6 Å². The second-order valence-corrected chi connectivity index (χ2v) is 7.15. The van der Waals surface area contributed by atoms with Gasteiger partial charge in [-0.3, -0.25) is 9.36 Å². The Bertz CT molecular complexity index is 1270. The van der Waals surface area contributed by atoms with Crippen LogP contribution in [0.1, 0.15) is 23.1 Å². The van der Waals surface area contributed by atoms with Crippen LogP contribution in [-0.4, -0.2) is 38.1 Å². The summed E-state index contributed by atoms with van der Waals surface area (Å²) in [6.45, 7) is -1.01. The maximum Gasteiger partial charge on any atom is 0.422 e. The molecule has 0 saturated heterocycles. The minimum absolute atomic E-state index is 0.0671. The van der Waals surface area contributed by atoms with E-state index in [1.54, 1.807) is 6.92 Å². The van der Waals surface area contributed by atoms with Crippen LogP contribution in [0.3, 0.4) is 0 Å². The van der Waals surface area contributed by atoms with Gasteiger partial charge in [-0.15, -0.1) is 5.10 Å². The maximum absolute atomic E-state index is 15.3. The van der Waals surface area contributed by atoms with Crippen molar-refractivity contribution in [2.45, 2.75) is 26.3 Å². The summed E-state index contributed by atoms with van der Waals surface area (Å²) in [4.78, 5) is 25.2. The van der Waals surface area contributed by atoms with Crippen LogP contribution < -0.4 is 15.7 Å². The molecule has 0 radical (unpaired) electrons. The van der Waals surface area contributed by atoms with Crippen molar-refractivity contribution in [2.24, 2.45) is 0 Å². The van der Waals surface area contributed by atoms with Gasteiger partial charge >= 0.3 is 11.9 Å². The molecule has 34 heavy (non-hydrogen) atoms. The fourth-order valence-electron chi connectivity index (χ4n) is 3.01. The lowest BCUT2D eigenvalue weighted by molar-refractivity contribution is -0.153. The highest BCUT2D eigenvalue weighted by Gasteiger charge is 2.32. The van der Waals surface area contributed by atoms with Crippen LogP contribution >= 0.6 is 11.6 Å². The van der Waals surface area contributed by atoms with Gasteiger partial charge in [0.05, 0.1) is 16.3 Å². The number of carbonyl (C=O) groups excluding carboxylic acids is 1. The Morgan fingerprint density at radius 2 is 1.94 bits per heavy atom. The smallest absolute Gasteiger partial charge is 0.422 e. The molecule has 3 rings (SSSR count). The van der Waals surface area contributed by atoms with E-state index in [0.717, 1.165) is 22.8 Å². The van der Waals surface area contributed by atoms with Gasteiger partial charge in [0.2, 0.25) is 0 Å². The van der Waals surface area contributed by atoms with Gasteiger partial charge in [0.1, 0.15) is 18.1 Å². The number of para-hydroxylation sites is 1. The number of rotatable bonds is 7. The summed E-state index contributed by atoms with van der Waals surface area (Å²) in [5.41, 5.74) is -2.73. The Hall–Kier alpha value is -3.45. The van der Waals surface area contributed by atoms with Crippen LogP contribution in [0.15, 0.2) is 35.1 Å². The second-order valence-electron chi connectivity index (χ2n) is 6.74. The van der Waals surface area contributed by atoms with Crippen LogP contribution in [0.25, 0.3) is 5.69 Å². The van der Waals surface area contributed by atoms with Crippen LogP contribution in [-0.2, 0) is 13.2 Å². The fourth-order valence-corrected chi connectivity index (χ4v) is 3.22. The lowest BCUT2D eigenvalue weighted by Crippen LogP contribution is -2.26. The highest BCUT2D eigenvalue weighted by Crippen LogP contribution is 2.32. The number of alkyl halides is 3. The molecule has 2 aromatic carbocycles. The molecule has 1 amide bonds. The highest BCUT2D eigenvalue weighted by molar-refractivity contribution is 6.34. The Morgan fingerprint density at radius 3 is 2.50 bits per heavy atom. The molecule has 1 heterocycles. The number of amides is 1. The van der Waals surface area contributed by atoms with Crippen molar-refractivity contribution in [3.63, 3.8) is 0 Å².